The van der Waals surface area contributed by atoms with Crippen molar-refractivity contribution >= 4 is 0 Å². The molecule has 0 N–H and O–H groups in total. The third-order valence-corrected chi connectivity index (χ3v) is 11.2. The predicted octanol–water partition coefficient (Wildman–Crippen LogP) is 3.67. The quantitative estimate of drug-likeness (QED) is 0.577. The van der Waals surface area contributed by atoms with Gasteiger partial charge < -0.3 is 0 Å². The minimum absolute atomic E-state index is 0.879. The molecule has 0 saturated heterocycles. The molecule has 14 unspecified atom stereocenters. The van der Waals surface area contributed by atoms with E-state index in [4.69, 9.17) is 0 Å². The van der Waals surface area contributed by atoms with E-state index in [1.54, 1.807) is 25.7 Å². The minimum atomic E-state index is 0.879. The molecule has 8 saturated carbocycles. The summed E-state index contributed by atoms with van der Waals surface area (Å²) >= 11 is 0. The fourth-order valence-electron chi connectivity index (χ4n) is 10.6. The highest BCUT2D eigenvalue weighted by Gasteiger charge is 2.90. The SMILES string of the molecule is CC12CCC1C1C3C4C5C6C7CCC7C6C5C4C3C12. The summed E-state index contributed by atoms with van der Waals surface area (Å²) in [5, 5.41) is 0. The van der Waals surface area contributed by atoms with Crippen LogP contribution in [0.2, 0.25) is 0 Å². The summed E-state index contributed by atoms with van der Waals surface area (Å²) in [4.78, 5) is 0. The van der Waals surface area contributed by atoms with Gasteiger partial charge in [-0.05, 0) is 108 Å². The van der Waals surface area contributed by atoms with E-state index in [1.807, 2.05) is 0 Å². The van der Waals surface area contributed by atoms with Gasteiger partial charge in [0.1, 0.15) is 0 Å². The van der Waals surface area contributed by atoms with Gasteiger partial charge in [0.05, 0.1) is 0 Å². The van der Waals surface area contributed by atoms with E-state index in [2.05, 4.69) is 6.92 Å². The molecule has 0 amide bonds. The maximum atomic E-state index is 2.66. The first-order chi connectivity index (χ1) is 9.32. The van der Waals surface area contributed by atoms with Crippen LogP contribution < -0.4 is 0 Å². The maximum Gasteiger partial charge on any atom is -0.0261 e. The lowest BCUT2D eigenvalue weighted by atomic mass is 9.10. The summed E-state index contributed by atoms with van der Waals surface area (Å²) in [5.74, 6) is 16.6. The molecule has 0 radical (unpaired) electrons. The topological polar surface area (TPSA) is 0 Å². The number of hydrogen-bond donors (Lipinski definition) is 0. The zero-order valence-corrected chi connectivity index (χ0v) is 11.8. The van der Waals surface area contributed by atoms with E-state index in [9.17, 15) is 0 Å². The molecule has 19 heavy (non-hydrogen) atoms. The van der Waals surface area contributed by atoms with E-state index in [-0.39, 0.29) is 0 Å². The Morgan fingerprint density at radius 1 is 0.632 bits per heavy atom. The lowest BCUT2D eigenvalue weighted by Gasteiger charge is -2.95. The third-order valence-electron chi connectivity index (χ3n) is 11.2. The summed E-state index contributed by atoms with van der Waals surface area (Å²) in [7, 11) is 0. The minimum Gasteiger partial charge on any atom is -0.0591 e. The Morgan fingerprint density at radius 2 is 1.21 bits per heavy atom. The van der Waals surface area contributed by atoms with Gasteiger partial charge in [0, 0.05) is 0 Å². The zero-order valence-electron chi connectivity index (χ0n) is 11.8. The van der Waals surface area contributed by atoms with Gasteiger partial charge in [-0.15, -0.1) is 0 Å². The molecule has 14 atom stereocenters. The maximum absolute atomic E-state index is 2.66. The molecule has 8 rings (SSSR count). The molecule has 0 bridgehead atoms. The second-order valence-electron chi connectivity index (χ2n) is 10.3. The molecule has 0 aromatic heterocycles. The fraction of sp³-hybridized carbons (Fsp3) is 1.00. The lowest BCUT2D eigenvalue weighted by Crippen LogP contribution is -2.91. The van der Waals surface area contributed by atoms with E-state index >= 15 is 0 Å². The Labute approximate surface area is 115 Å². The molecule has 0 heteroatoms. The number of rotatable bonds is 0. The highest BCUT2D eigenvalue weighted by Crippen LogP contribution is 2.94. The van der Waals surface area contributed by atoms with Crippen LogP contribution in [-0.2, 0) is 0 Å². The van der Waals surface area contributed by atoms with Gasteiger partial charge >= 0.3 is 0 Å². The standard InChI is InChI=1S/C19H24/c1-19-5-4-8(19)11-14-15-12-9-6-2-3-7(6)10(9)13(12)16(15)17(14)18(11)19/h6-18H,2-5H2,1H3. The van der Waals surface area contributed by atoms with Crippen molar-refractivity contribution in [3.63, 3.8) is 0 Å². The highest BCUT2D eigenvalue weighted by molar-refractivity contribution is 5.37. The molecule has 0 aliphatic heterocycles. The summed E-state index contributed by atoms with van der Waals surface area (Å²) in [6, 6.07) is 0. The van der Waals surface area contributed by atoms with Crippen molar-refractivity contribution in [2.75, 3.05) is 0 Å². The molecule has 0 spiro atoms. The van der Waals surface area contributed by atoms with Gasteiger partial charge in [0.15, 0.2) is 0 Å². The van der Waals surface area contributed by atoms with Crippen molar-refractivity contribution < 1.29 is 0 Å². The summed E-state index contributed by atoms with van der Waals surface area (Å²) in [6.07, 6.45) is 6.48. The van der Waals surface area contributed by atoms with Gasteiger partial charge in [-0.2, -0.15) is 0 Å². The monoisotopic (exact) mass is 252 g/mol. The molecular formula is C19H24. The average Bonchev–Trinajstić information content (AvgIpc) is 2.33. The van der Waals surface area contributed by atoms with Crippen molar-refractivity contribution in [3.05, 3.63) is 0 Å². The van der Waals surface area contributed by atoms with Gasteiger partial charge in [-0.25, -0.2) is 0 Å². The molecule has 8 aliphatic carbocycles. The molecule has 8 fully saturated rings. The van der Waals surface area contributed by atoms with Crippen molar-refractivity contribution in [1.29, 1.82) is 0 Å². The molecule has 0 nitrogen and oxygen atoms in total. The first-order valence-electron chi connectivity index (χ1n) is 9.32. The van der Waals surface area contributed by atoms with E-state index < -0.39 is 0 Å². The normalized spacial score (nSPS) is 89.2. The van der Waals surface area contributed by atoms with Crippen molar-refractivity contribution in [2.24, 2.45) is 82.3 Å². The summed E-state index contributed by atoms with van der Waals surface area (Å²) in [6.45, 7) is 2.66. The lowest BCUT2D eigenvalue weighted by molar-refractivity contribution is -0.479. The van der Waals surface area contributed by atoms with Crippen molar-refractivity contribution in [1.82, 2.24) is 0 Å². The average molecular weight is 252 g/mol. The molecule has 0 heterocycles. The predicted molar refractivity (Wildman–Crippen MR) is 71.9 cm³/mol. The van der Waals surface area contributed by atoms with E-state index in [0.717, 1.165) is 5.41 Å². The second-order valence-corrected chi connectivity index (χ2v) is 10.3. The van der Waals surface area contributed by atoms with Gasteiger partial charge in [0.25, 0.3) is 0 Å². The van der Waals surface area contributed by atoms with Crippen LogP contribution in [0.25, 0.3) is 0 Å². The van der Waals surface area contributed by atoms with Gasteiger partial charge in [-0.3, -0.25) is 0 Å². The number of fused-ring (bicyclic) bond motifs is 19. The highest BCUT2D eigenvalue weighted by atomic mass is 14.9. The summed E-state index contributed by atoms with van der Waals surface area (Å²) < 4.78 is 0. The van der Waals surface area contributed by atoms with Crippen LogP contribution in [0.1, 0.15) is 32.6 Å². The summed E-state index contributed by atoms with van der Waals surface area (Å²) in [5.41, 5.74) is 0.879. The largest absolute Gasteiger partial charge is 0.0591 e. The molecule has 100 valence electrons. The first kappa shape index (κ1) is 9.11. The molecular weight excluding hydrogens is 228 g/mol. The Bertz CT molecular complexity index is 550. The van der Waals surface area contributed by atoms with Crippen LogP contribution in [-0.4, -0.2) is 0 Å². The first-order valence-corrected chi connectivity index (χ1v) is 9.32. The van der Waals surface area contributed by atoms with E-state index in [0.29, 0.717) is 0 Å². The van der Waals surface area contributed by atoms with Crippen LogP contribution in [0, 0.1) is 82.3 Å². The van der Waals surface area contributed by atoms with Gasteiger partial charge in [0.2, 0.25) is 0 Å². The number of hydrogen-bond acceptors (Lipinski definition) is 0. The molecule has 0 aromatic rings. The third kappa shape index (κ3) is 0.556. The Balaban J connectivity index is 1.17. The van der Waals surface area contributed by atoms with Crippen LogP contribution in [0.3, 0.4) is 0 Å². The molecule has 8 aliphatic rings. The smallest absolute Gasteiger partial charge is 0.0261 e. The Kier molecular flexibility index (Phi) is 1.04. The van der Waals surface area contributed by atoms with E-state index in [1.165, 1.54) is 76.9 Å². The zero-order chi connectivity index (χ0) is 11.8. The second kappa shape index (κ2) is 2.17. The van der Waals surface area contributed by atoms with Crippen LogP contribution in [0.15, 0.2) is 0 Å². The van der Waals surface area contributed by atoms with Crippen LogP contribution >= 0.6 is 0 Å². The fourth-order valence-corrected chi connectivity index (χ4v) is 10.6. The van der Waals surface area contributed by atoms with Crippen molar-refractivity contribution in [3.8, 4) is 0 Å². The van der Waals surface area contributed by atoms with Crippen LogP contribution in [0.5, 0.6) is 0 Å². The Morgan fingerprint density at radius 3 is 1.79 bits per heavy atom. The Hall–Kier alpha value is 0. The van der Waals surface area contributed by atoms with Gasteiger partial charge in [-0.1, -0.05) is 6.92 Å². The van der Waals surface area contributed by atoms with Crippen molar-refractivity contribution in [2.45, 2.75) is 32.6 Å². The van der Waals surface area contributed by atoms with Crippen LogP contribution in [0.4, 0.5) is 0 Å². The molecule has 0 aromatic carbocycles.